The number of allylic oxidation sites excluding steroid dienone is 2. The number of sulfonamides is 1. The van der Waals surface area contributed by atoms with Crippen molar-refractivity contribution in [3.63, 3.8) is 0 Å². The Morgan fingerprint density at radius 2 is 2.25 bits per heavy atom. The molecule has 1 aliphatic carbocycles. The monoisotopic (exact) mass is 298 g/mol. The zero-order chi connectivity index (χ0) is 14.8. The normalized spacial score (nSPS) is 19.0. The Balaban J connectivity index is 2.02. The van der Waals surface area contributed by atoms with Crippen LogP contribution in [0.4, 0.5) is 0 Å². The minimum absolute atomic E-state index is 0.209. The highest BCUT2D eigenvalue weighted by Crippen LogP contribution is 2.19. The summed E-state index contributed by atoms with van der Waals surface area (Å²) in [7, 11) is -3.93. The summed E-state index contributed by atoms with van der Waals surface area (Å²) in [6, 6.07) is 1.17. The van der Waals surface area contributed by atoms with E-state index in [2.05, 4.69) is 17.5 Å². The van der Waals surface area contributed by atoms with Gasteiger partial charge in [0.15, 0.2) is 0 Å². The van der Waals surface area contributed by atoms with Crippen molar-refractivity contribution in [2.24, 2.45) is 11.1 Å². The number of amides is 1. The standard InChI is InChI=1S/C13H18N2O4S/c1-9-11(7-12(19-9)20(14,17)18)13(16)15-8-10-5-3-2-4-6-10/h2-3,7,10H,4-6,8H2,1H3,(H,15,16)(H2,14,17,18)/t10-/m0/s1. The molecule has 2 rings (SSSR count). The third-order valence-electron chi connectivity index (χ3n) is 3.35. The predicted octanol–water partition coefficient (Wildman–Crippen LogP) is 1.32. The average Bonchev–Trinajstić information content (AvgIpc) is 2.79. The zero-order valence-corrected chi connectivity index (χ0v) is 12.1. The Morgan fingerprint density at radius 1 is 1.50 bits per heavy atom. The average molecular weight is 298 g/mol. The van der Waals surface area contributed by atoms with Crippen LogP contribution in [-0.2, 0) is 10.0 Å². The van der Waals surface area contributed by atoms with Crippen LogP contribution < -0.4 is 10.5 Å². The van der Waals surface area contributed by atoms with Crippen LogP contribution in [0.2, 0.25) is 0 Å². The van der Waals surface area contributed by atoms with Crippen LogP contribution in [0.25, 0.3) is 0 Å². The molecule has 1 atom stereocenters. The molecule has 1 heterocycles. The summed E-state index contributed by atoms with van der Waals surface area (Å²) in [6.45, 7) is 2.10. The van der Waals surface area contributed by atoms with E-state index in [1.807, 2.05) is 0 Å². The number of carbonyl (C=O) groups is 1. The fraction of sp³-hybridized carbons (Fsp3) is 0.462. The second-order valence-corrected chi connectivity index (χ2v) is 6.43. The van der Waals surface area contributed by atoms with Gasteiger partial charge in [-0.3, -0.25) is 4.79 Å². The van der Waals surface area contributed by atoms with E-state index >= 15 is 0 Å². The van der Waals surface area contributed by atoms with Crippen molar-refractivity contribution in [1.82, 2.24) is 5.32 Å². The SMILES string of the molecule is Cc1oc(S(N)(=O)=O)cc1C(=O)NC[C@H]1CC=CCC1. The summed E-state index contributed by atoms with van der Waals surface area (Å²) < 4.78 is 27.3. The van der Waals surface area contributed by atoms with E-state index < -0.39 is 10.0 Å². The van der Waals surface area contributed by atoms with E-state index in [1.54, 1.807) is 0 Å². The van der Waals surface area contributed by atoms with Gasteiger partial charge in [-0.05, 0) is 32.1 Å². The second-order valence-electron chi connectivity index (χ2n) is 4.94. The lowest BCUT2D eigenvalue weighted by Gasteiger charge is -2.17. The summed E-state index contributed by atoms with van der Waals surface area (Å²) in [5.41, 5.74) is 0.209. The maximum atomic E-state index is 12.0. The topological polar surface area (TPSA) is 102 Å². The van der Waals surface area contributed by atoms with Crippen molar-refractivity contribution in [3.8, 4) is 0 Å². The summed E-state index contributed by atoms with van der Waals surface area (Å²) in [4.78, 5) is 12.0. The Hall–Kier alpha value is -1.60. The fourth-order valence-corrected chi connectivity index (χ4v) is 2.72. The minimum atomic E-state index is -3.93. The number of hydrogen-bond acceptors (Lipinski definition) is 4. The number of primary sulfonamides is 1. The quantitative estimate of drug-likeness (QED) is 0.818. The molecule has 0 fully saturated rings. The van der Waals surface area contributed by atoms with Crippen LogP contribution in [0.5, 0.6) is 0 Å². The maximum Gasteiger partial charge on any atom is 0.271 e. The lowest BCUT2D eigenvalue weighted by atomic mass is 9.94. The molecule has 1 aliphatic rings. The molecule has 1 aromatic rings. The third kappa shape index (κ3) is 3.49. The molecule has 0 aromatic carbocycles. The van der Waals surface area contributed by atoms with Crippen molar-refractivity contribution in [2.45, 2.75) is 31.3 Å². The molecule has 20 heavy (non-hydrogen) atoms. The molecule has 1 amide bonds. The Kier molecular flexibility index (Phi) is 4.29. The van der Waals surface area contributed by atoms with Crippen molar-refractivity contribution in [1.29, 1.82) is 0 Å². The van der Waals surface area contributed by atoms with E-state index in [9.17, 15) is 13.2 Å². The largest absolute Gasteiger partial charge is 0.448 e. The highest BCUT2D eigenvalue weighted by Gasteiger charge is 2.21. The minimum Gasteiger partial charge on any atom is -0.448 e. The molecule has 6 nitrogen and oxygen atoms in total. The van der Waals surface area contributed by atoms with Crippen LogP contribution in [0, 0.1) is 12.8 Å². The van der Waals surface area contributed by atoms with Gasteiger partial charge in [0.05, 0.1) is 5.56 Å². The smallest absolute Gasteiger partial charge is 0.271 e. The summed E-state index contributed by atoms with van der Waals surface area (Å²) in [5, 5.41) is 7.39. The number of furan rings is 1. The van der Waals surface area contributed by atoms with Crippen LogP contribution >= 0.6 is 0 Å². The summed E-state index contributed by atoms with van der Waals surface area (Å²) >= 11 is 0. The van der Waals surface area contributed by atoms with E-state index in [-0.39, 0.29) is 22.3 Å². The molecule has 110 valence electrons. The maximum absolute atomic E-state index is 12.0. The van der Waals surface area contributed by atoms with Gasteiger partial charge in [0.25, 0.3) is 15.9 Å². The van der Waals surface area contributed by atoms with Gasteiger partial charge in [-0.25, -0.2) is 13.6 Å². The predicted molar refractivity (Wildman–Crippen MR) is 73.6 cm³/mol. The molecule has 0 bridgehead atoms. The summed E-state index contributed by atoms with van der Waals surface area (Å²) in [6.07, 6.45) is 7.27. The van der Waals surface area contributed by atoms with Gasteiger partial charge in [-0.2, -0.15) is 0 Å². The van der Waals surface area contributed by atoms with Crippen molar-refractivity contribution in [3.05, 3.63) is 29.5 Å². The molecule has 0 aliphatic heterocycles. The molecule has 0 saturated heterocycles. The summed E-state index contributed by atoms with van der Waals surface area (Å²) in [5.74, 6) is 0.333. The van der Waals surface area contributed by atoms with Crippen molar-refractivity contribution < 1.29 is 17.6 Å². The van der Waals surface area contributed by atoms with E-state index in [0.29, 0.717) is 12.5 Å². The van der Waals surface area contributed by atoms with Crippen molar-refractivity contribution >= 4 is 15.9 Å². The Labute approximate surface area is 118 Å². The van der Waals surface area contributed by atoms with Gasteiger partial charge in [-0.15, -0.1) is 0 Å². The number of nitrogens with one attached hydrogen (secondary N) is 1. The first-order valence-electron chi connectivity index (χ1n) is 6.44. The number of rotatable bonds is 4. The lowest BCUT2D eigenvalue weighted by molar-refractivity contribution is 0.0944. The zero-order valence-electron chi connectivity index (χ0n) is 11.3. The second kappa shape index (κ2) is 5.80. The first kappa shape index (κ1) is 14.8. The molecule has 0 spiro atoms. The van der Waals surface area contributed by atoms with E-state index in [0.717, 1.165) is 19.3 Å². The molecule has 7 heteroatoms. The highest BCUT2D eigenvalue weighted by molar-refractivity contribution is 7.89. The molecular formula is C13H18N2O4S. The van der Waals surface area contributed by atoms with Crippen molar-refractivity contribution in [2.75, 3.05) is 6.54 Å². The van der Waals surface area contributed by atoms with Crippen LogP contribution in [0.1, 0.15) is 35.4 Å². The van der Waals surface area contributed by atoms with Gasteiger partial charge in [-0.1, -0.05) is 12.2 Å². The van der Waals surface area contributed by atoms with Crippen LogP contribution in [0.15, 0.2) is 27.7 Å². The number of carbonyl (C=O) groups excluding carboxylic acids is 1. The van der Waals surface area contributed by atoms with Gasteiger partial charge >= 0.3 is 0 Å². The molecule has 0 radical (unpaired) electrons. The molecule has 1 aromatic heterocycles. The van der Waals surface area contributed by atoms with Gasteiger partial charge < -0.3 is 9.73 Å². The molecule has 0 unspecified atom stereocenters. The Morgan fingerprint density at radius 3 is 2.80 bits per heavy atom. The van der Waals surface area contributed by atoms with Gasteiger partial charge in [0, 0.05) is 12.6 Å². The third-order valence-corrected chi connectivity index (χ3v) is 4.11. The molecule has 3 N–H and O–H groups in total. The number of aryl methyl sites for hydroxylation is 1. The first-order valence-corrected chi connectivity index (χ1v) is 7.99. The fourth-order valence-electron chi connectivity index (χ4n) is 2.19. The number of nitrogens with two attached hydrogens (primary N) is 1. The van der Waals surface area contributed by atoms with Crippen LogP contribution in [0.3, 0.4) is 0 Å². The first-order chi connectivity index (χ1) is 9.38. The van der Waals surface area contributed by atoms with Gasteiger partial charge in [0.1, 0.15) is 5.76 Å². The lowest BCUT2D eigenvalue weighted by Crippen LogP contribution is -2.29. The molecular weight excluding hydrogens is 280 g/mol. The molecule has 0 saturated carbocycles. The van der Waals surface area contributed by atoms with E-state index in [1.165, 1.54) is 13.0 Å². The van der Waals surface area contributed by atoms with Crippen LogP contribution in [-0.4, -0.2) is 20.9 Å². The van der Waals surface area contributed by atoms with Gasteiger partial charge in [0.2, 0.25) is 5.09 Å². The number of hydrogen-bond donors (Lipinski definition) is 2. The van der Waals surface area contributed by atoms with E-state index in [4.69, 9.17) is 9.56 Å². The Bertz CT molecular complexity index is 631. The highest BCUT2D eigenvalue weighted by atomic mass is 32.2.